The van der Waals surface area contributed by atoms with Gasteiger partial charge in [-0.05, 0) is 0 Å². The lowest BCUT2D eigenvalue weighted by Crippen LogP contribution is -1.97. The summed E-state index contributed by atoms with van der Waals surface area (Å²) in [7, 11) is 0. The summed E-state index contributed by atoms with van der Waals surface area (Å²) in [5.74, 6) is -0.296. The molecule has 1 heterocycles. The van der Waals surface area contributed by atoms with Gasteiger partial charge in [-0.3, -0.25) is 4.68 Å². The topological polar surface area (TPSA) is 43.8 Å². The van der Waals surface area contributed by atoms with Gasteiger partial charge in [0.05, 0.1) is 0 Å². The van der Waals surface area contributed by atoms with E-state index in [2.05, 4.69) is 5.10 Å². The Bertz CT molecular complexity index is 306. The van der Waals surface area contributed by atoms with Gasteiger partial charge in [0.15, 0.2) is 0 Å². The summed E-state index contributed by atoms with van der Waals surface area (Å²) in [5, 5.41) is 3.16. The van der Waals surface area contributed by atoms with Crippen LogP contribution in [0, 0.1) is 0 Å². The average molecular weight is 150 g/mol. The van der Waals surface area contributed by atoms with Crippen molar-refractivity contribution in [2.75, 3.05) is 5.73 Å². The van der Waals surface area contributed by atoms with Crippen LogP contribution in [0.15, 0.2) is 6.07 Å². The molecule has 0 aliphatic carbocycles. The summed E-state index contributed by atoms with van der Waals surface area (Å²) >= 11 is 0. The van der Waals surface area contributed by atoms with Crippen molar-refractivity contribution < 1.29 is 12.9 Å². The SMILES string of the molecule is [2H]C([2H])([2H])n1nc(C(F)F)cc1N. The van der Waals surface area contributed by atoms with E-state index in [0.717, 1.165) is 6.07 Å². The third-order valence-electron chi connectivity index (χ3n) is 0.979. The van der Waals surface area contributed by atoms with E-state index in [-0.39, 0.29) is 5.82 Å². The van der Waals surface area contributed by atoms with E-state index in [1.54, 1.807) is 0 Å². The molecule has 10 heavy (non-hydrogen) atoms. The Kier molecular flexibility index (Phi) is 0.874. The number of hydrogen-bond donors (Lipinski definition) is 1. The number of hydrogen-bond acceptors (Lipinski definition) is 2. The number of anilines is 1. The van der Waals surface area contributed by atoms with Crippen molar-refractivity contribution in [3.63, 3.8) is 0 Å². The van der Waals surface area contributed by atoms with E-state index in [9.17, 15) is 8.78 Å². The molecule has 0 saturated carbocycles. The standard InChI is InChI=1S/C5H7F2N3/c1-10-4(8)2-3(9-10)5(6)7/h2,5H,8H2,1H3/i1D3. The van der Waals surface area contributed by atoms with Crippen LogP contribution in [0.3, 0.4) is 0 Å². The number of nitrogens with zero attached hydrogens (tertiary/aromatic N) is 2. The number of rotatable bonds is 1. The molecule has 1 rings (SSSR count). The van der Waals surface area contributed by atoms with Gasteiger partial charge in [0.2, 0.25) is 0 Å². The zero-order valence-electron chi connectivity index (χ0n) is 7.88. The van der Waals surface area contributed by atoms with Gasteiger partial charge in [-0.1, -0.05) is 0 Å². The van der Waals surface area contributed by atoms with Crippen LogP contribution >= 0.6 is 0 Å². The Hall–Kier alpha value is -1.13. The first-order valence-corrected chi connectivity index (χ1v) is 2.46. The minimum absolute atomic E-state index is 0.296. The third kappa shape index (κ3) is 1.07. The molecule has 0 bridgehead atoms. The van der Waals surface area contributed by atoms with E-state index in [4.69, 9.17) is 9.85 Å². The van der Waals surface area contributed by atoms with Crippen LogP contribution in [-0.2, 0) is 6.98 Å². The molecule has 0 fully saturated rings. The predicted octanol–water partition coefficient (Wildman–Crippen LogP) is 0.940. The molecule has 3 nitrogen and oxygen atoms in total. The Morgan fingerprint density at radius 3 is 2.90 bits per heavy atom. The molecule has 0 radical (unpaired) electrons. The summed E-state index contributed by atoms with van der Waals surface area (Å²) in [6.45, 7) is -2.61. The van der Waals surface area contributed by atoms with Gasteiger partial charge in [-0.25, -0.2) is 8.78 Å². The van der Waals surface area contributed by atoms with E-state index < -0.39 is 19.1 Å². The van der Waals surface area contributed by atoms with Crippen molar-refractivity contribution in [3.8, 4) is 0 Å². The first-order chi connectivity index (χ1) is 5.82. The third-order valence-corrected chi connectivity index (χ3v) is 0.979. The summed E-state index contributed by atoms with van der Waals surface area (Å²) < 4.78 is 45.1. The molecule has 1 aromatic heterocycles. The highest BCUT2D eigenvalue weighted by Gasteiger charge is 2.11. The van der Waals surface area contributed by atoms with E-state index in [1.165, 1.54) is 0 Å². The number of alkyl halides is 2. The second kappa shape index (κ2) is 2.24. The smallest absolute Gasteiger partial charge is 0.282 e. The van der Waals surface area contributed by atoms with Gasteiger partial charge in [0.1, 0.15) is 11.5 Å². The molecule has 0 atom stereocenters. The molecule has 5 heteroatoms. The van der Waals surface area contributed by atoms with Gasteiger partial charge in [0.25, 0.3) is 6.43 Å². The van der Waals surface area contributed by atoms with Gasteiger partial charge in [-0.15, -0.1) is 0 Å². The van der Waals surface area contributed by atoms with Crippen molar-refractivity contribution in [1.29, 1.82) is 0 Å². The van der Waals surface area contributed by atoms with Crippen molar-refractivity contribution in [2.45, 2.75) is 6.43 Å². The molecule has 1 aromatic rings. The molecule has 0 amide bonds. The van der Waals surface area contributed by atoms with Crippen molar-refractivity contribution in [1.82, 2.24) is 9.78 Å². The number of aromatic nitrogens is 2. The molecule has 2 N–H and O–H groups in total. The molecular formula is C5H7F2N3. The zero-order valence-corrected chi connectivity index (χ0v) is 4.88. The molecular weight excluding hydrogens is 140 g/mol. The minimum Gasteiger partial charge on any atom is -0.384 e. The predicted molar refractivity (Wildman–Crippen MR) is 32.6 cm³/mol. The van der Waals surface area contributed by atoms with Crippen molar-refractivity contribution in [2.24, 2.45) is 6.98 Å². The fraction of sp³-hybridized carbons (Fsp3) is 0.400. The molecule has 0 aliphatic heterocycles. The maximum atomic E-state index is 12.0. The normalized spacial score (nSPS) is 16.5. The van der Waals surface area contributed by atoms with Gasteiger partial charge >= 0.3 is 0 Å². The van der Waals surface area contributed by atoms with Gasteiger partial charge in [0, 0.05) is 17.2 Å². The van der Waals surface area contributed by atoms with Crippen LogP contribution in [0.1, 0.15) is 16.2 Å². The van der Waals surface area contributed by atoms with Crippen LogP contribution in [0.4, 0.5) is 14.6 Å². The summed E-state index contributed by atoms with van der Waals surface area (Å²) in [5.41, 5.74) is 4.54. The maximum Gasteiger partial charge on any atom is 0.282 e. The van der Waals surface area contributed by atoms with E-state index in [0.29, 0.717) is 4.68 Å². The second-order valence-corrected chi connectivity index (χ2v) is 1.71. The maximum absolute atomic E-state index is 12.0. The molecule has 0 unspecified atom stereocenters. The summed E-state index contributed by atoms with van der Waals surface area (Å²) in [4.78, 5) is 0. The fourth-order valence-electron chi connectivity index (χ4n) is 0.521. The minimum atomic E-state index is -2.81. The Morgan fingerprint density at radius 2 is 2.60 bits per heavy atom. The number of nitrogens with two attached hydrogens (primary N) is 1. The lowest BCUT2D eigenvalue weighted by molar-refractivity contribution is 0.145. The second-order valence-electron chi connectivity index (χ2n) is 1.71. The lowest BCUT2D eigenvalue weighted by Gasteiger charge is -1.89. The van der Waals surface area contributed by atoms with Crippen LogP contribution in [0.5, 0.6) is 0 Å². The molecule has 0 aromatic carbocycles. The quantitative estimate of drug-likeness (QED) is 0.647. The summed E-state index contributed by atoms with van der Waals surface area (Å²) in [6.07, 6.45) is -2.81. The van der Waals surface area contributed by atoms with Gasteiger partial charge in [-0.2, -0.15) is 5.10 Å². The average Bonchev–Trinajstić information content (AvgIpc) is 2.29. The van der Waals surface area contributed by atoms with Crippen LogP contribution in [-0.4, -0.2) is 9.78 Å². The zero-order chi connectivity index (χ0) is 10.2. The first kappa shape index (κ1) is 3.90. The molecule has 0 saturated heterocycles. The van der Waals surface area contributed by atoms with Crippen LogP contribution in [0.25, 0.3) is 0 Å². The first-order valence-electron chi connectivity index (χ1n) is 3.96. The number of nitrogen functional groups attached to an aromatic ring is 1. The largest absolute Gasteiger partial charge is 0.384 e. The lowest BCUT2D eigenvalue weighted by atomic mass is 10.4. The fourth-order valence-corrected chi connectivity index (χ4v) is 0.521. The number of halogens is 2. The highest BCUT2D eigenvalue weighted by molar-refractivity contribution is 5.30. The highest BCUT2D eigenvalue weighted by Crippen LogP contribution is 2.18. The Morgan fingerprint density at radius 1 is 1.90 bits per heavy atom. The van der Waals surface area contributed by atoms with Crippen LogP contribution in [0.2, 0.25) is 0 Å². The highest BCUT2D eigenvalue weighted by atomic mass is 19.3. The van der Waals surface area contributed by atoms with Crippen molar-refractivity contribution in [3.05, 3.63) is 11.8 Å². The summed E-state index contributed by atoms with van der Waals surface area (Å²) in [6, 6.07) is 0.844. The van der Waals surface area contributed by atoms with Gasteiger partial charge < -0.3 is 5.73 Å². The van der Waals surface area contributed by atoms with E-state index >= 15 is 0 Å². The van der Waals surface area contributed by atoms with Crippen molar-refractivity contribution >= 4 is 5.82 Å². The number of aryl methyl sites for hydroxylation is 1. The molecule has 0 spiro atoms. The monoisotopic (exact) mass is 150 g/mol. The Balaban J connectivity index is 3.11. The molecule has 56 valence electrons. The molecule has 0 aliphatic rings. The van der Waals surface area contributed by atoms with E-state index in [1.807, 2.05) is 0 Å². The van der Waals surface area contributed by atoms with Crippen LogP contribution < -0.4 is 5.73 Å². The Labute approximate surface area is 60.7 Å².